The molecule has 0 aromatic heterocycles. The van der Waals surface area contributed by atoms with Crippen molar-refractivity contribution >= 4 is 23.9 Å². The number of carboxylic acid groups (broad SMARTS) is 2. The number of ether oxygens (including phenoxy) is 2. The predicted molar refractivity (Wildman–Crippen MR) is 71.4 cm³/mol. The van der Waals surface area contributed by atoms with Crippen LogP contribution < -0.4 is 0 Å². The lowest BCUT2D eigenvalue weighted by Crippen LogP contribution is -2.02. The molecule has 0 saturated carbocycles. The normalized spacial score (nSPS) is 9.81. The third kappa shape index (κ3) is 19.9. The molecule has 0 amide bonds. The van der Waals surface area contributed by atoms with Gasteiger partial charge in [0.1, 0.15) is 0 Å². The number of hydrogen-bond donors (Lipinski definition) is 2. The Bertz CT molecular complexity index is 408. The van der Waals surface area contributed by atoms with Crippen LogP contribution in [0.1, 0.15) is 19.8 Å². The molecule has 0 saturated heterocycles. The maximum absolute atomic E-state index is 10.6. The minimum Gasteiger partial charge on any atom is -0.478 e. The number of carbonyl (C=O) groups is 4. The van der Waals surface area contributed by atoms with E-state index in [1.54, 1.807) is 0 Å². The van der Waals surface area contributed by atoms with E-state index in [1.807, 2.05) is 6.92 Å². The maximum atomic E-state index is 10.6. The molecule has 118 valence electrons. The number of hydrogen-bond acceptors (Lipinski definition) is 6. The second-order valence-electron chi connectivity index (χ2n) is 3.39. The molecular formula is C13H18O8. The zero-order valence-electron chi connectivity index (χ0n) is 11.8. The molecule has 0 spiro atoms. The molecule has 8 nitrogen and oxygen atoms in total. The van der Waals surface area contributed by atoms with Crippen LogP contribution in [0.5, 0.6) is 0 Å². The van der Waals surface area contributed by atoms with Gasteiger partial charge in [-0.1, -0.05) is 13.3 Å². The van der Waals surface area contributed by atoms with Gasteiger partial charge in [-0.15, -0.1) is 0 Å². The monoisotopic (exact) mass is 302 g/mol. The van der Waals surface area contributed by atoms with E-state index in [1.165, 1.54) is 7.11 Å². The second-order valence-corrected chi connectivity index (χ2v) is 3.39. The standard InChI is InChI=1S/C8H12O4.C5H6O4/c1-2-3-6-12-8(11)5-4-7(9)10;1-9-5(8)3-2-4(6)7/h4-5H,2-3,6H2,1H3,(H,9,10);2-3H,1H3,(H,6,7). The highest BCUT2D eigenvalue weighted by Gasteiger charge is 1.96. The molecular weight excluding hydrogens is 284 g/mol. The summed E-state index contributed by atoms with van der Waals surface area (Å²) in [5.74, 6) is -3.59. The van der Waals surface area contributed by atoms with Crippen LogP contribution in [-0.4, -0.2) is 47.8 Å². The summed E-state index contributed by atoms with van der Waals surface area (Å²) in [5.41, 5.74) is 0. The highest BCUT2D eigenvalue weighted by Crippen LogP contribution is 1.89. The Morgan fingerprint density at radius 2 is 1.38 bits per heavy atom. The van der Waals surface area contributed by atoms with Gasteiger partial charge < -0.3 is 19.7 Å². The lowest BCUT2D eigenvalue weighted by molar-refractivity contribution is -0.138. The molecule has 0 heterocycles. The van der Waals surface area contributed by atoms with E-state index in [9.17, 15) is 19.2 Å². The molecule has 0 aliphatic rings. The number of unbranched alkanes of at least 4 members (excludes halogenated alkanes) is 1. The summed E-state index contributed by atoms with van der Waals surface area (Å²) < 4.78 is 8.76. The topological polar surface area (TPSA) is 127 Å². The number of carboxylic acids is 2. The summed E-state index contributed by atoms with van der Waals surface area (Å²) in [7, 11) is 1.18. The van der Waals surface area contributed by atoms with Crippen LogP contribution in [-0.2, 0) is 28.7 Å². The molecule has 0 atom stereocenters. The summed E-state index contributed by atoms with van der Waals surface area (Å²) in [6, 6.07) is 0. The van der Waals surface area contributed by atoms with Gasteiger partial charge in [-0.25, -0.2) is 19.2 Å². The first-order valence-electron chi connectivity index (χ1n) is 5.90. The van der Waals surface area contributed by atoms with E-state index < -0.39 is 23.9 Å². The Balaban J connectivity index is 0. The summed E-state index contributed by atoms with van der Waals surface area (Å²) in [6.45, 7) is 2.32. The summed E-state index contributed by atoms with van der Waals surface area (Å²) in [6.07, 6.45) is 4.95. The quantitative estimate of drug-likeness (QED) is 0.401. The van der Waals surface area contributed by atoms with Crippen molar-refractivity contribution in [3.05, 3.63) is 24.3 Å². The number of methoxy groups -OCH3 is 1. The molecule has 0 aliphatic carbocycles. The van der Waals surface area contributed by atoms with Crippen molar-refractivity contribution in [3.8, 4) is 0 Å². The Morgan fingerprint density at radius 3 is 1.76 bits per heavy atom. The fraction of sp³-hybridized carbons (Fsp3) is 0.385. The molecule has 0 unspecified atom stereocenters. The van der Waals surface area contributed by atoms with Crippen molar-refractivity contribution in [3.63, 3.8) is 0 Å². The largest absolute Gasteiger partial charge is 0.478 e. The molecule has 0 bridgehead atoms. The minimum atomic E-state index is -1.17. The van der Waals surface area contributed by atoms with Crippen LogP contribution in [0.4, 0.5) is 0 Å². The molecule has 2 N–H and O–H groups in total. The van der Waals surface area contributed by atoms with Crippen molar-refractivity contribution in [2.75, 3.05) is 13.7 Å². The first-order valence-corrected chi connectivity index (χ1v) is 5.90. The van der Waals surface area contributed by atoms with Gasteiger partial charge in [0, 0.05) is 24.3 Å². The first-order chi connectivity index (χ1) is 9.83. The van der Waals surface area contributed by atoms with Gasteiger partial charge in [-0.05, 0) is 6.42 Å². The van der Waals surface area contributed by atoms with Gasteiger partial charge in [-0.3, -0.25) is 0 Å². The average Bonchev–Trinajstić information content (AvgIpc) is 2.43. The lowest BCUT2D eigenvalue weighted by atomic mass is 10.4. The van der Waals surface area contributed by atoms with Crippen molar-refractivity contribution in [2.24, 2.45) is 0 Å². The minimum absolute atomic E-state index is 0.347. The van der Waals surface area contributed by atoms with Gasteiger partial charge in [0.2, 0.25) is 0 Å². The van der Waals surface area contributed by atoms with E-state index in [4.69, 9.17) is 10.2 Å². The first kappa shape index (κ1) is 20.7. The van der Waals surface area contributed by atoms with Gasteiger partial charge in [-0.2, -0.15) is 0 Å². The fourth-order valence-corrected chi connectivity index (χ4v) is 0.712. The second kappa shape index (κ2) is 13.8. The van der Waals surface area contributed by atoms with Gasteiger partial charge in [0.15, 0.2) is 0 Å². The number of carbonyl (C=O) groups excluding carboxylic acids is 2. The van der Waals surface area contributed by atoms with Gasteiger partial charge in [0.25, 0.3) is 0 Å². The summed E-state index contributed by atoms with van der Waals surface area (Å²) in [5, 5.41) is 16.1. The lowest BCUT2D eigenvalue weighted by Gasteiger charge is -1.97. The summed E-state index contributed by atoms with van der Waals surface area (Å²) >= 11 is 0. The zero-order valence-corrected chi connectivity index (χ0v) is 11.8. The van der Waals surface area contributed by atoms with Gasteiger partial charge in [0.05, 0.1) is 13.7 Å². The van der Waals surface area contributed by atoms with Crippen molar-refractivity contribution in [1.29, 1.82) is 0 Å². The molecule has 0 aromatic carbocycles. The summed E-state index contributed by atoms with van der Waals surface area (Å²) in [4.78, 5) is 40.5. The highest BCUT2D eigenvalue weighted by atomic mass is 16.5. The number of rotatable bonds is 7. The average molecular weight is 302 g/mol. The van der Waals surface area contributed by atoms with Crippen LogP contribution in [0.15, 0.2) is 24.3 Å². The third-order valence-corrected chi connectivity index (χ3v) is 1.67. The molecule has 0 aromatic rings. The van der Waals surface area contributed by atoms with Crippen molar-refractivity contribution in [2.45, 2.75) is 19.8 Å². The molecule has 0 radical (unpaired) electrons. The SMILES string of the molecule is CCCCOC(=O)C=CC(=O)O.COC(=O)C=CC(=O)O. The van der Waals surface area contributed by atoms with E-state index >= 15 is 0 Å². The van der Waals surface area contributed by atoms with E-state index in [-0.39, 0.29) is 0 Å². The molecule has 21 heavy (non-hydrogen) atoms. The molecule has 0 aliphatic heterocycles. The smallest absolute Gasteiger partial charge is 0.331 e. The fourth-order valence-electron chi connectivity index (χ4n) is 0.712. The maximum Gasteiger partial charge on any atom is 0.331 e. The van der Waals surface area contributed by atoms with Crippen LogP contribution in [0.2, 0.25) is 0 Å². The number of esters is 2. The van der Waals surface area contributed by atoms with E-state index in [2.05, 4.69) is 9.47 Å². The Hall–Kier alpha value is -2.64. The Labute approximate surface area is 121 Å². The number of aliphatic carboxylic acids is 2. The van der Waals surface area contributed by atoms with E-state index in [0.717, 1.165) is 31.1 Å². The van der Waals surface area contributed by atoms with Crippen LogP contribution in [0.25, 0.3) is 0 Å². The van der Waals surface area contributed by atoms with Crippen LogP contribution >= 0.6 is 0 Å². The van der Waals surface area contributed by atoms with Crippen LogP contribution in [0.3, 0.4) is 0 Å². The van der Waals surface area contributed by atoms with Crippen molar-refractivity contribution < 1.29 is 38.9 Å². The van der Waals surface area contributed by atoms with Crippen LogP contribution in [0, 0.1) is 0 Å². The molecule has 8 heteroatoms. The van der Waals surface area contributed by atoms with Crippen molar-refractivity contribution in [1.82, 2.24) is 0 Å². The van der Waals surface area contributed by atoms with Gasteiger partial charge >= 0.3 is 23.9 Å². The third-order valence-electron chi connectivity index (χ3n) is 1.67. The van der Waals surface area contributed by atoms with E-state index in [0.29, 0.717) is 12.7 Å². The molecule has 0 rings (SSSR count). The Kier molecular flexibility index (Phi) is 13.6. The zero-order chi connectivity index (χ0) is 16.7. The predicted octanol–water partition coefficient (Wildman–Crippen LogP) is 0.771. The molecule has 0 fully saturated rings. The highest BCUT2D eigenvalue weighted by molar-refractivity contribution is 5.91. The Morgan fingerprint density at radius 1 is 0.905 bits per heavy atom.